The molecule has 0 N–H and O–H groups in total. The summed E-state index contributed by atoms with van der Waals surface area (Å²) in [6, 6.07) is 8.16. The highest BCUT2D eigenvalue weighted by atomic mass is 35.5. The zero-order chi connectivity index (χ0) is 15.5. The van der Waals surface area contributed by atoms with Crippen molar-refractivity contribution in [3.63, 3.8) is 0 Å². The first-order valence-corrected chi connectivity index (χ1v) is 7.68. The third-order valence-corrected chi connectivity index (χ3v) is 4.00. The molecule has 1 amide bonds. The number of carbonyl (C=O) groups excluding carboxylic acids is 2. The highest BCUT2D eigenvalue weighted by Gasteiger charge is 2.21. The number of hydrogen-bond donors (Lipinski definition) is 0. The lowest BCUT2D eigenvalue weighted by Crippen LogP contribution is -2.36. The summed E-state index contributed by atoms with van der Waals surface area (Å²) in [5.41, 5.74) is 0.786. The highest BCUT2D eigenvalue weighted by Crippen LogP contribution is 2.13. The van der Waals surface area contributed by atoms with Crippen molar-refractivity contribution in [2.75, 3.05) is 13.1 Å². The topological polar surface area (TPSA) is 55.2 Å². The quantitative estimate of drug-likeness (QED) is 0.856. The first-order valence-electron chi connectivity index (χ1n) is 7.30. The number of nitrogens with zero attached hydrogens (tertiary/aromatic N) is 3. The second-order valence-electron chi connectivity index (χ2n) is 5.31. The summed E-state index contributed by atoms with van der Waals surface area (Å²) in [5, 5.41) is 4.69. The van der Waals surface area contributed by atoms with Crippen LogP contribution in [-0.4, -0.2) is 39.6 Å². The lowest BCUT2D eigenvalue weighted by atomic mass is 10.1. The van der Waals surface area contributed by atoms with E-state index in [0.717, 1.165) is 32.4 Å². The van der Waals surface area contributed by atoms with Crippen LogP contribution in [0.3, 0.4) is 0 Å². The van der Waals surface area contributed by atoms with Crippen LogP contribution in [-0.2, 0) is 0 Å². The van der Waals surface area contributed by atoms with Crippen LogP contribution in [0.1, 0.15) is 40.1 Å². The number of benzene rings is 1. The van der Waals surface area contributed by atoms with Crippen LogP contribution in [0.5, 0.6) is 0 Å². The zero-order valence-corrected chi connectivity index (χ0v) is 12.8. The molecule has 6 heteroatoms. The first kappa shape index (κ1) is 14.8. The minimum atomic E-state index is -0.283. The van der Waals surface area contributed by atoms with Crippen molar-refractivity contribution in [1.82, 2.24) is 14.7 Å². The minimum absolute atomic E-state index is 0.109. The molecular formula is C16H16ClN3O2. The molecule has 0 saturated carbocycles. The normalized spacial score (nSPS) is 14.9. The number of piperidine rings is 1. The van der Waals surface area contributed by atoms with Crippen LogP contribution in [0.15, 0.2) is 36.5 Å². The Morgan fingerprint density at radius 1 is 0.955 bits per heavy atom. The van der Waals surface area contributed by atoms with E-state index in [-0.39, 0.29) is 11.8 Å². The second-order valence-corrected chi connectivity index (χ2v) is 5.75. The molecule has 1 saturated heterocycles. The van der Waals surface area contributed by atoms with Gasteiger partial charge < -0.3 is 4.90 Å². The van der Waals surface area contributed by atoms with Crippen molar-refractivity contribution in [1.29, 1.82) is 0 Å². The Kier molecular flexibility index (Phi) is 4.24. The molecule has 1 aromatic heterocycles. The number of hydrogen-bond acceptors (Lipinski definition) is 3. The molecule has 0 bridgehead atoms. The smallest absolute Gasteiger partial charge is 0.278 e. The number of aromatic nitrogens is 2. The molecule has 0 radical (unpaired) electrons. The molecular weight excluding hydrogens is 302 g/mol. The summed E-state index contributed by atoms with van der Waals surface area (Å²) in [6.45, 7) is 1.52. The van der Waals surface area contributed by atoms with E-state index in [9.17, 15) is 9.59 Å². The average molecular weight is 318 g/mol. The van der Waals surface area contributed by atoms with Crippen molar-refractivity contribution in [2.45, 2.75) is 19.3 Å². The molecule has 3 rings (SSSR count). The Morgan fingerprint density at radius 2 is 1.64 bits per heavy atom. The maximum absolute atomic E-state index is 12.3. The largest absolute Gasteiger partial charge is 0.337 e. The molecule has 5 nitrogen and oxygen atoms in total. The molecule has 1 aromatic carbocycles. The molecule has 2 aromatic rings. The third-order valence-electron chi connectivity index (χ3n) is 3.75. The molecule has 2 heterocycles. The van der Waals surface area contributed by atoms with Gasteiger partial charge in [0.1, 0.15) is 0 Å². The predicted octanol–water partition coefficient (Wildman–Crippen LogP) is 2.85. The van der Waals surface area contributed by atoms with E-state index in [4.69, 9.17) is 11.6 Å². The standard InChI is InChI=1S/C16H16ClN3O2/c17-13-6-4-12(5-7-13)15(21)20-11-8-14(18-20)16(22)19-9-2-1-3-10-19/h4-8,11H,1-3,9-10H2. The SMILES string of the molecule is O=C(c1ccn(C(=O)c2ccc(Cl)cc2)n1)N1CCCCC1. The fraction of sp³-hybridized carbons (Fsp3) is 0.312. The van der Waals surface area contributed by atoms with Gasteiger partial charge in [0.05, 0.1) is 0 Å². The van der Waals surface area contributed by atoms with Crippen molar-refractivity contribution < 1.29 is 9.59 Å². The van der Waals surface area contributed by atoms with Crippen LogP contribution in [0.25, 0.3) is 0 Å². The van der Waals surface area contributed by atoms with Gasteiger partial charge in [-0.15, -0.1) is 0 Å². The van der Waals surface area contributed by atoms with E-state index in [2.05, 4.69) is 5.10 Å². The van der Waals surface area contributed by atoms with E-state index < -0.39 is 0 Å². The van der Waals surface area contributed by atoms with Crippen LogP contribution in [0.2, 0.25) is 5.02 Å². The van der Waals surface area contributed by atoms with Crippen molar-refractivity contribution in [3.05, 3.63) is 52.8 Å². The summed E-state index contributed by atoms with van der Waals surface area (Å²) in [6.07, 6.45) is 4.73. The molecule has 22 heavy (non-hydrogen) atoms. The Bertz CT molecular complexity index is 688. The van der Waals surface area contributed by atoms with E-state index in [1.165, 1.54) is 10.9 Å². The summed E-state index contributed by atoms with van der Waals surface area (Å²) in [7, 11) is 0. The van der Waals surface area contributed by atoms with Crippen LogP contribution >= 0.6 is 11.6 Å². The highest BCUT2D eigenvalue weighted by molar-refractivity contribution is 6.30. The summed E-state index contributed by atoms with van der Waals surface area (Å²) < 4.78 is 1.19. The van der Waals surface area contributed by atoms with E-state index in [1.54, 1.807) is 35.2 Å². The maximum atomic E-state index is 12.3. The monoisotopic (exact) mass is 317 g/mol. The van der Waals surface area contributed by atoms with Gasteiger partial charge in [-0.3, -0.25) is 9.59 Å². The number of amides is 1. The van der Waals surface area contributed by atoms with Gasteiger partial charge in [-0.1, -0.05) is 11.6 Å². The third kappa shape index (κ3) is 3.04. The average Bonchev–Trinajstić information content (AvgIpc) is 3.05. The molecule has 0 spiro atoms. The van der Waals surface area contributed by atoms with Gasteiger partial charge in [0.2, 0.25) is 0 Å². The molecule has 0 atom stereocenters. The second kappa shape index (κ2) is 6.32. The molecule has 0 aliphatic carbocycles. The van der Waals surface area contributed by atoms with Gasteiger partial charge in [-0.25, -0.2) is 4.68 Å². The first-order chi connectivity index (χ1) is 10.6. The Hall–Kier alpha value is -2.14. The lowest BCUT2D eigenvalue weighted by Gasteiger charge is -2.25. The van der Waals surface area contributed by atoms with Gasteiger partial charge in [0.25, 0.3) is 11.8 Å². The van der Waals surface area contributed by atoms with E-state index >= 15 is 0 Å². The summed E-state index contributed by atoms with van der Waals surface area (Å²) >= 11 is 5.81. The molecule has 0 unspecified atom stereocenters. The van der Waals surface area contributed by atoms with Gasteiger partial charge in [0.15, 0.2) is 5.69 Å². The molecule has 114 valence electrons. The summed E-state index contributed by atoms with van der Waals surface area (Å²) in [5.74, 6) is -0.392. The minimum Gasteiger partial charge on any atom is -0.337 e. The van der Waals surface area contributed by atoms with Crippen LogP contribution in [0, 0.1) is 0 Å². The van der Waals surface area contributed by atoms with Gasteiger partial charge in [-0.2, -0.15) is 5.10 Å². The van der Waals surface area contributed by atoms with Gasteiger partial charge in [0, 0.05) is 29.9 Å². The van der Waals surface area contributed by atoms with Crippen molar-refractivity contribution in [3.8, 4) is 0 Å². The van der Waals surface area contributed by atoms with Gasteiger partial charge >= 0.3 is 0 Å². The summed E-state index contributed by atoms with van der Waals surface area (Å²) in [4.78, 5) is 26.4. The maximum Gasteiger partial charge on any atom is 0.278 e. The molecule has 1 aliphatic heterocycles. The van der Waals surface area contributed by atoms with Crippen molar-refractivity contribution >= 4 is 23.4 Å². The predicted molar refractivity (Wildman–Crippen MR) is 83.2 cm³/mol. The fourth-order valence-corrected chi connectivity index (χ4v) is 2.66. The zero-order valence-electron chi connectivity index (χ0n) is 12.0. The fourth-order valence-electron chi connectivity index (χ4n) is 2.53. The number of likely N-dealkylation sites (tertiary alicyclic amines) is 1. The van der Waals surface area contributed by atoms with Crippen LogP contribution < -0.4 is 0 Å². The van der Waals surface area contributed by atoms with Crippen molar-refractivity contribution in [2.24, 2.45) is 0 Å². The molecule has 1 aliphatic rings. The number of halogens is 1. The Labute approximate surface area is 133 Å². The van der Waals surface area contributed by atoms with Gasteiger partial charge in [-0.05, 0) is 49.6 Å². The van der Waals surface area contributed by atoms with E-state index in [1.807, 2.05) is 0 Å². The van der Waals surface area contributed by atoms with Crippen LogP contribution in [0.4, 0.5) is 0 Å². The lowest BCUT2D eigenvalue weighted by molar-refractivity contribution is 0.0717. The molecule has 1 fully saturated rings. The Morgan fingerprint density at radius 3 is 2.32 bits per heavy atom. The Balaban J connectivity index is 1.76. The van der Waals surface area contributed by atoms with E-state index in [0.29, 0.717) is 16.3 Å². The number of rotatable bonds is 2. The number of carbonyl (C=O) groups is 2.